The molecular formula is C25H20ClF4N4O2P. The van der Waals surface area contributed by atoms with Crippen LogP contribution in [-0.2, 0) is 22.0 Å². The van der Waals surface area contributed by atoms with Gasteiger partial charge in [0, 0.05) is 43.3 Å². The number of hydrogen-bond donors (Lipinski definition) is 0. The van der Waals surface area contributed by atoms with E-state index in [1.807, 2.05) is 0 Å². The van der Waals surface area contributed by atoms with Crippen molar-refractivity contribution in [2.75, 3.05) is 30.3 Å². The van der Waals surface area contributed by atoms with E-state index in [1.54, 1.807) is 41.3 Å². The summed E-state index contributed by atoms with van der Waals surface area (Å²) in [5.41, 5.74) is 1.04. The van der Waals surface area contributed by atoms with Gasteiger partial charge in [-0.05, 0) is 29.3 Å². The van der Waals surface area contributed by atoms with Gasteiger partial charge in [-0.2, -0.15) is 18.3 Å². The molecule has 0 N–H and O–H groups in total. The Bertz CT molecular complexity index is 1440. The Labute approximate surface area is 214 Å². The number of halogens is 5. The minimum Gasteiger partial charge on any atom is -0.354 e. The van der Waals surface area contributed by atoms with E-state index in [-0.39, 0.29) is 53.9 Å². The predicted octanol–water partition coefficient (Wildman–Crippen LogP) is 5.93. The third-order valence-corrected chi connectivity index (χ3v) is 9.97. The van der Waals surface area contributed by atoms with Gasteiger partial charge in [-0.25, -0.2) is 9.37 Å². The highest BCUT2D eigenvalue weighted by atomic mass is 35.5. The first kappa shape index (κ1) is 25.5. The lowest BCUT2D eigenvalue weighted by Crippen LogP contribution is -2.38. The van der Waals surface area contributed by atoms with Crippen molar-refractivity contribution in [1.82, 2.24) is 4.98 Å². The number of azo groups is 1. The molecule has 3 heterocycles. The number of aromatic nitrogens is 1. The van der Waals surface area contributed by atoms with Gasteiger partial charge in [0.2, 0.25) is 0 Å². The van der Waals surface area contributed by atoms with Gasteiger partial charge < -0.3 is 9.46 Å². The zero-order valence-corrected chi connectivity index (χ0v) is 20.9. The number of rotatable bonds is 4. The maximum absolute atomic E-state index is 14.9. The van der Waals surface area contributed by atoms with Crippen molar-refractivity contribution in [3.63, 3.8) is 0 Å². The van der Waals surface area contributed by atoms with E-state index in [0.29, 0.717) is 17.5 Å². The molecule has 0 radical (unpaired) electrons. The fraction of sp³-hybridized carbons (Fsp3) is 0.280. The number of alkyl halides is 3. The van der Waals surface area contributed by atoms with Crippen LogP contribution in [0.2, 0.25) is 5.02 Å². The normalized spacial score (nSPS) is 20.9. The van der Waals surface area contributed by atoms with E-state index in [0.717, 1.165) is 11.6 Å². The molecule has 2 aromatic rings. The molecule has 2 aliphatic heterocycles. The summed E-state index contributed by atoms with van der Waals surface area (Å²) < 4.78 is 67.5. The number of hydrogen-bond acceptors (Lipinski definition) is 5. The van der Waals surface area contributed by atoms with Gasteiger partial charge >= 0.3 is 6.18 Å². The average molecular weight is 551 g/mol. The molecule has 1 atom stereocenters. The molecule has 6 nitrogen and oxygen atoms in total. The summed E-state index contributed by atoms with van der Waals surface area (Å²) in [5.74, 6) is -1.25. The smallest absolute Gasteiger partial charge is 0.354 e. The molecule has 5 rings (SSSR count). The van der Waals surface area contributed by atoms with Gasteiger partial charge in [-0.3, -0.25) is 4.79 Å². The summed E-state index contributed by atoms with van der Waals surface area (Å²) in [6, 6.07) is 5.25. The van der Waals surface area contributed by atoms with Gasteiger partial charge in [0.1, 0.15) is 18.8 Å². The number of pyridine rings is 1. The first-order valence-electron chi connectivity index (χ1n) is 11.4. The van der Waals surface area contributed by atoms with Crippen LogP contribution in [0.15, 0.2) is 76.3 Å². The summed E-state index contributed by atoms with van der Waals surface area (Å²) in [6.07, 6.45) is 3.79. The lowest BCUT2D eigenvalue weighted by atomic mass is 9.89. The maximum Gasteiger partial charge on any atom is 0.417 e. The van der Waals surface area contributed by atoms with Crippen LogP contribution < -0.4 is 10.2 Å². The van der Waals surface area contributed by atoms with Crippen LogP contribution in [0.3, 0.4) is 0 Å². The molecule has 1 unspecified atom stereocenters. The minimum atomic E-state index is -4.56. The second-order valence-electron chi connectivity index (χ2n) is 8.98. The van der Waals surface area contributed by atoms with Gasteiger partial charge in [0.15, 0.2) is 0 Å². The lowest BCUT2D eigenvalue weighted by Gasteiger charge is -2.34. The number of amides is 1. The highest BCUT2D eigenvalue weighted by Gasteiger charge is 2.36. The number of benzene rings is 1. The van der Waals surface area contributed by atoms with Crippen molar-refractivity contribution in [2.24, 2.45) is 16.1 Å². The number of allylic oxidation sites excluding steroid dienone is 4. The topological polar surface area (TPSA) is 75.0 Å². The van der Waals surface area contributed by atoms with E-state index in [1.165, 1.54) is 6.07 Å². The lowest BCUT2D eigenvalue weighted by molar-refractivity contribution is -0.137. The molecule has 1 aromatic heterocycles. The molecule has 1 fully saturated rings. The van der Waals surface area contributed by atoms with Gasteiger partial charge in [-0.1, -0.05) is 42.0 Å². The SMILES string of the molecule is O=C1N=NC(Cc2ccc(F)c(P3(=O)CCN(c4ncc(C(F)(F)F)cc4Cl)CC3)c2)=C2C=CC=CC12. The highest BCUT2D eigenvalue weighted by molar-refractivity contribution is 7.71. The molecular weight excluding hydrogens is 531 g/mol. The molecule has 12 heteroatoms. The number of fused-ring (bicyclic) bond motifs is 1. The molecule has 0 spiro atoms. The van der Waals surface area contributed by atoms with E-state index < -0.39 is 30.6 Å². The van der Waals surface area contributed by atoms with E-state index in [4.69, 9.17) is 11.6 Å². The van der Waals surface area contributed by atoms with Gasteiger partial charge in [-0.15, -0.1) is 5.11 Å². The largest absolute Gasteiger partial charge is 0.417 e. The van der Waals surface area contributed by atoms with Crippen LogP contribution in [0.4, 0.5) is 23.4 Å². The van der Waals surface area contributed by atoms with Crippen LogP contribution in [0.1, 0.15) is 11.1 Å². The number of nitrogens with zero attached hydrogens (tertiary/aromatic N) is 4. The molecule has 1 amide bonds. The Morgan fingerprint density at radius 1 is 1.11 bits per heavy atom. The Morgan fingerprint density at radius 2 is 1.86 bits per heavy atom. The second kappa shape index (κ2) is 9.65. The first-order valence-corrected chi connectivity index (χ1v) is 13.9. The minimum absolute atomic E-state index is 0.115. The van der Waals surface area contributed by atoms with E-state index >= 15 is 0 Å². The fourth-order valence-corrected chi connectivity index (χ4v) is 7.62. The van der Waals surface area contributed by atoms with Crippen molar-refractivity contribution >= 4 is 35.8 Å². The summed E-state index contributed by atoms with van der Waals surface area (Å²) in [7, 11) is -3.15. The summed E-state index contributed by atoms with van der Waals surface area (Å²) in [5, 5.41) is 7.76. The Balaban J connectivity index is 1.35. The van der Waals surface area contributed by atoms with Crippen LogP contribution in [0.25, 0.3) is 0 Å². The number of carbonyl (C=O) groups is 1. The molecule has 1 aromatic carbocycles. The molecule has 0 saturated carbocycles. The third kappa shape index (κ3) is 5.05. The standard InChI is InChI=1S/C25H20ClF4N4O2P/c26-19-13-16(25(28,29)30)14-31-23(19)34-7-9-37(36,10-8-34)22-12-15(5-6-20(22)27)11-21-17-3-1-2-4-18(17)24(35)33-32-21/h1-6,12-14,18H,7-11H2. The van der Waals surface area contributed by atoms with Crippen molar-refractivity contribution < 1.29 is 26.9 Å². The van der Waals surface area contributed by atoms with Crippen molar-refractivity contribution in [2.45, 2.75) is 12.6 Å². The second-order valence-corrected chi connectivity index (χ2v) is 12.5. The molecule has 0 bridgehead atoms. The highest BCUT2D eigenvalue weighted by Crippen LogP contribution is 2.48. The third-order valence-electron chi connectivity index (χ3n) is 6.63. The van der Waals surface area contributed by atoms with Crippen LogP contribution in [0, 0.1) is 11.7 Å². The van der Waals surface area contributed by atoms with Crippen LogP contribution >= 0.6 is 18.7 Å². The van der Waals surface area contributed by atoms with Crippen molar-refractivity contribution in [1.29, 1.82) is 0 Å². The summed E-state index contributed by atoms with van der Waals surface area (Å²) >= 11 is 6.07. The zero-order chi connectivity index (χ0) is 26.4. The fourth-order valence-electron chi connectivity index (χ4n) is 4.63. The number of anilines is 1. The molecule has 1 saturated heterocycles. The molecule has 192 valence electrons. The van der Waals surface area contributed by atoms with Gasteiger partial charge in [0.25, 0.3) is 5.91 Å². The van der Waals surface area contributed by atoms with Crippen molar-refractivity contribution in [3.05, 3.63) is 88.0 Å². The Kier molecular flexibility index (Phi) is 6.66. The summed E-state index contributed by atoms with van der Waals surface area (Å²) in [4.78, 5) is 17.6. The molecule has 37 heavy (non-hydrogen) atoms. The molecule has 1 aliphatic carbocycles. The van der Waals surface area contributed by atoms with E-state index in [2.05, 4.69) is 15.2 Å². The van der Waals surface area contributed by atoms with Crippen LogP contribution in [0.5, 0.6) is 0 Å². The zero-order valence-electron chi connectivity index (χ0n) is 19.3. The Morgan fingerprint density at radius 3 is 2.57 bits per heavy atom. The predicted molar refractivity (Wildman–Crippen MR) is 132 cm³/mol. The van der Waals surface area contributed by atoms with Crippen LogP contribution in [-0.4, -0.2) is 36.3 Å². The number of carbonyl (C=O) groups excluding carboxylic acids is 1. The van der Waals surface area contributed by atoms with E-state index in [9.17, 15) is 26.9 Å². The molecule has 3 aliphatic rings. The Hall–Kier alpha value is -3.10. The van der Waals surface area contributed by atoms with Crippen molar-refractivity contribution in [3.8, 4) is 0 Å². The monoisotopic (exact) mass is 550 g/mol. The van der Waals surface area contributed by atoms with Gasteiger partial charge in [0.05, 0.1) is 22.2 Å². The maximum atomic E-state index is 14.9. The quantitative estimate of drug-likeness (QED) is 0.349. The summed E-state index contributed by atoms with van der Waals surface area (Å²) in [6.45, 7) is 0.396. The first-order chi connectivity index (χ1) is 17.5. The average Bonchev–Trinajstić information content (AvgIpc) is 2.87.